The van der Waals surface area contributed by atoms with Crippen LogP contribution in [0.2, 0.25) is 0 Å². The van der Waals surface area contributed by atoms with E-state index in [9.17, 15) is 13.2 Å². The van der Waals surface area contributed by atoms with E-state index in [0.717, 1.165) is 5.82 Å². The highest BCUT2D eigenvalue weighted by atomic mass is 19.4. The van der Waals surface area contributed by atoms with E-state index < -0.39 is 6.36 Å². The second-order valence-electron chi connectivity index (χ2n) is 5.11. The third kappa shape index (κ3) is 3.89. The van der Waals surface area contributed by atoms with Crippen LogP contribution in [0, 0.1) is 6.92 Å². The summed E-state index contributed by atoms with van der Waals surface area (Å²) in [7, 11) is 0. The molecule has 124 valence electrons. The van der Waals surface area contributed by atoms with Crippen molar-refractivity contribution in [2.45, 2.75) is 19.8 Å². The lowest BCUT2D eigenvalue weighted by Gasteiger charge is -2.10. The van der Waals surface area contributed by atoms with Crippen LogP contribution >= 0.6 is 0 Å². The first kappa shape index (κ1) is 16.0. The molecule has 0 amide bonds. The molecule has 1 aromatic carbocycles. The van der Waals surface area contributed by atoms with Gasteiger partial charge in [0.15, 0.2) is 0 Å². The maximum Gasteiger partial charge on any atom is 0.573 e. The highest BCUT2D eigenvalue weighted by Crippen LogP contribution is 2.27. The minimum absolute atomic E-state index is 0.274. The third-order valence-electron chi connectivity index (χ3n) is 3.36. The van der Waals surface area contributed by atoms with Crippen LogP contribution in [0.15, 0.2) is 48.9 Å². The summed E-state index contributed by atoms with van der Waals surface area (Å²) in [5.41, 5.74) is 1.90. The Balaban J connectivity index is 1.86. The quantitative estimate of drug-likeness (QED) is 0.732. The van der Waals surface area contributed by atoms with Gasteiger partial charge in [-0.1, -0.05) is 12.1 Å². The van der Waals surface area contributed by atoms with Gasteiger partial charge >= 0.3 is 6.36 Å². The second kappa shape index (κ2) is 6.31. The number of alkyl halides is 3. The van der Waals surface area contributed by atoms with Crippen LogP contribution in [0.3, 0.4) is 0 Å². The predicted molar refractivity (Wildman–Crippen MR) is 80.2 cm³/mol. The molecule has 0 bridgehead atoms. The summed E-state index contributed by atoms with van der Waals surface area (Å²) < 4.78 is 42.9. The normalized spacial score (nSPS) is 11.5. The lowest BCUT2D eigenvalue weighted by molar-refractivity contribution is -0.274. The van der Waals surface area contributed by atoms with E-state index in [-0.39, 0.29) is 5.75 Å². The molecule has 0 fully saturated rings. The topological polar surface area (TPSA) is 52.8 Å². The van der Waals surface area contributed by atoms with Gasteiger partial charge in [0.1, 0.15) is 11.6 Å². The molecule has 2 aromatic heterocycles. The Labute approximate surface area is 135 Å². The zero-order chi connectivity index (χ0) is 17.2. The lowest BCUT2D eigenvalue weighted by Crippen LogP contribution is -2.17. The molecule has 0 aliphatic carbocycles. The molecule has 3 aromatic rings. The van der Waals surface area contributed by atoms with Gasteiger partial charge in [0.05, 0.1) is 18.4 Å². The molecule has 0 unspecified atom stereocenters. The fourth-order valence-corrected chi connectivity index (χ4v) is 2.26. The maximum atomic E-state index is 12.3. The Morgan fingerprint density at radius 1 is 1.17 bits per heavy atom. The van der Waals surface area contributed by atoms with Crippen molar-refractivity contribution in [1.82, 2.24) is 19.7 Å². The average molecular weight is 334 g/mol. The number of rotatable bonds is 4. The fraction of sp³-hybridized carbons (Fsp3) is 0.188. The Bertz CT molecular complexity index is 845. The maximum absolute atomic E-state index is 12.3. The van der Waals surface area contributed by atoms with Crippen LogP contribution < -0.4 is 4.74 Å². The average Bonchev–Trinajstić information content (AvgIpc) is 2.91. The molecule has 0 atom stereocenters. The standard InChI is InChI=1S/C16H13F3N4O/c1-11-20-5-6-23(11)10-14-7-13(9-21-22-14)12-3-2-4-15(8-12)24-16(17,18)19/h2-9H,10H2,1H3. The van der Waals surface area contributed by atoms with Crippen LogP contribution in [0.1, 0.15) is 11.5 Å². The number of hydrogen-bond donors (Lipinski definition) is 0. The number of benzene rings is 1. The number of aryl methyl sites for hydroxylation is 1. The number of nitrogens with zero attached hydrogens (tertiary/aromatic N) is 4. The van der Waals surface area contributed by atoms with E-state index in [1.807, 2.05) is 17.7 Å². The van der Waals surface area contributed by atoms with Crippen LogP contribution in [0.25, 0.3) is 11.1 Å². The van der Waals surface area contributed by atoms with E-state index in [2.05, 4.69) is 19.9 Å². The molecule has 0 aliphatic heterocycles. The largest absolute Gasteiger partial charge is 0.573 e. The van der Waals surface area contributed by atoms with Gasteiger partial charge in [0.25, 0.3) is 0 Å². The summed E-state index contributed by atoms with van der Waals surface area (Å²) >= 11 is 0. The first-order valence-corrected chi connectivity index (χ1v) is 7.06. The van der Waals surface area contributed by atoms with E-state index in [4.69, 9.17) is 0 Å². The summed E-state index contributed by atoms with van der Waals surface area (Å²) in [5, 5.41) is 7.98. The van der Waals surface area contributed by atoms with Gasteiger partial charge in [0, 0.05) is 18.0 Å². The van der Waals surface area contributed by atoms with Gasteiger partial charge in [0.2, 0.25) is 0 Å². The summed E-state index contributed by atoms with van der Waals surface area (Å²) in [6, 6.07) is 7.53. The van der Waals surface area contributed by atoms with Crippen LogP contribution in [0.5, 0.6) is 5.75 Å². The molecule has 24 heavy (non-hydrogen) atoms. The highest BCUT2D eigenvalue weighted by molar-refractivity contribution is 5.64. The van der Waals surface area contributed by atoms with E-state index >= 15 is 0 Å². The minimum Gasteiger partial charge on any atom is -0.406 e. The van der Waals surface area contributed by atoms with Gasteiger partial charge in [-0.2, -0.15) is 10.2 Å². The smallest absolute Gasteiger partial charge is 0.406 e. The van der Waals surface area contributed by atoms with Crippen LogP contribution in [-0.4, -0.2) is 26.1 Å². The molecule has 0 saturated heterocycles. The second-order valence-corrected chi connectivity index (χ2v) is 5.11. The number of aromatic nitrogens is 4. The third-order valence-corrected chi connectivity index (χ3v) is 3.36. The van der Waals surface area contributed by atoms with Crippen LogP contribution in [0.4, 0.5) is 13.2 Å². The first-order chi connectivity index (χ1) is 11.4. The van der Waals surface area contributed by atoms with Crippen molar-refractivity contribution in [3.8, 4) is 16.9 Å². The molecular formula is C16H13F3N4O. The molecular weight excluding hydrogens is 321 g/mol. The van der Waals surface area contributed by atoms with Crippen LogP contribution in [-0.2, 0) is 6.54 Å². The zero-order valence-electron chi connectivity index (χ0n) is 12.7. The van der Waals surface area contributed by atoms with Crippen molar-refractivity contribution in [1.29, 1.82) is 0 Å². The van der Waals surface area contributed by atoms with Gasteiger partial charge in [-0.25, -0.2) is 4.98 Å². The number of hydrogen-bond acceptors (Lipinski definition) is 4. The molecule has 0 saturated carbocycles. The van der Waals surface area contributed by atoms with Gasteiger partial charge in [-0.3, -0.25) is 0 Å². The summed E-state index contributed by atoms with van der Waals surface area (Å²) in [5.74, 6) is 0.562. The Hall–Kier alpha value is -2.90. The molecule has 0 N–H and O–H groups in total. The summed E-state index contributed by atoms with van der Waals surface area (Å²) in [6.45, 7) is 2.35. The van der Waals surface area contributed by atoms with Crippen molar-refractivity contribution < 1.29 is 17.9 Å². The first-order valence-electron chi connectivity index (χ1n) is 7.06. The summed E-state index contributed by atoms with van der Waals surface area (Å²) in [4.78, 5) is 4.13. The summed E-state index contributed by atoms with van der Waals surface area (Å²) in [6.07, 6.45) is 0.280. The van der Waals surface area contributed by atoms with Gasteiger partial charge in [-0.05, 0) is 30.7 Å². The predicted octanol–water partition coefficient (Wildman–Crippen LogP) is 3.60. The fourth-order valence-electron chi connectivity index (χ4n) is 2.26. The minimum atomic E-state index is -4.72. The molecule has 5 nitrogen and oxygen atoms in total. The zero-order valence-corrected chi connectivity index (χ0v) is 12.7. The van der Waals surface area contributed by atoms with Gasteiger partial charge in [-0.15, -0.1) is 13.2 Å². The van der Waals surface area contributed by atoms with Crippen molar-refractivity contribution in [3.63, 3.8) is 0 Å². The SMILES string of the molecule is Cc1nccn1Cc1cc(-c2cccc(OC(F)(F)F)c2)cnn1. The van der Waals surface area contributed by atoms with E-state index in [0.29, 0.717) is 23.4 Å². The lowest BCUT2D eigenvalue weighted by atomic mass is 10.1. The van der Waals surface area contributed by atoms with E-state index in [1.165, 1.54) is 24.4 Å². The van der Waals surface area contributed by atoms with E-state index in [1.54, 1.807) is 18.3 Å². The number of halogens is 3. The van der Waals surface area contributed by atoms with Crippen molar-refractivity contribution in [3.05, 3.63) is 60.4 Å². The monoisotopic (exact) mass is 334 g/mol. The Kier molecular flexibility index (Phi) is 4.20. The Morgan fingerprint density at radius 3 is 2.71 bits per heavy atom. The van der Waals surface area contributed by atoms with Crippen molar-refractivity contribution in [2.24, 2.45) is 0 Å². The highest BCUT2D eigenvalue weighted by Gasteiger charge is 2.31. The molecule has 0 aliphatic rings. The number of imidazole rings is 1. The van der Waals surface area contributed by atoms with Gasteiger partial charge < -0.3 is 9.30 Å². The molecule has 2 heterocycles. The Morgan fingerprint density at radius 2 is 2.00 bits per heavy atom. The number of ether oxygens (including phenoxy) is 1. The molecule has 0 radical (unpaired) electrons. The van der Waals surface area contributed by atoms with Crippen molar-refractivity contribution in [2.75, 3.05) is 0 Å². The van der Waals surface area contributed by atoms with Crippen molar-refractivity contribution >= 4 is 0 Å². The molecule has 8 heteroatoms. The molecule has 0 spiro atoms. The molecule has 3 rings (SSSR count).